The number of carbonyl (C=O) groups excluding carboxylic acids is 2. The number of hydrogen-bond donors (Lipinski definition) is 1. The van der Waals surface area contributed by atoms with Gasteiger partial charge in [0.15, 0.2) is 23.1 Å². The first-order valence-electron chi connectivity index (χ1n) is 8.31. The fourth-order valence-corrected chi connectivity index (χ4v) is 4.28. The van der Waals surface area contributed by atoms with Crippen molar-refractivity contribution >= 4 is 11.6 Å². The average Bonchev–Trinajstić information content (AvgIpc) is 2.60. The lowest BCUT2D eigenvalue weighted by Gasteiger charge is -2.47. The zero-order chi connectivity index (χ0) is 18.4. The number of benzene rings is 1. The van der Waals surface area contributed by atoms with Gasteiger partial charge in [0.05, 0.1) is 12.5 Å². The van der Waals surface area contributed by atoms with Crippen molar-refractivity contribution in [3.63, 3.8) is 0 Å². The Labute approximate surface area is 147 Å². The summed E-state index contributed by atoms with van der Waals surface area (Å²) in [5.74, 6) is -0.352. The average molecular weight is 338 g/mol. The molecule has 1 N–H and O–H groups in total. The molecule has 1 aromatic rings. The number of phenolic OH excluding ortho intramolecular Hbond substituents is 1. The Morgan fingerprint density at radius 1 is 1.36 bits per heavy atom. The van der Waals surface area contributed by atoms with E-state index in [1.807, 2.05) is 13.0 Å². The van der Waals surface area contributed by atoms with Gasteiger partial charge in [-0.1, -0.05) is 31.7 Å². The summed E-state index contributed by atoms with van der Waals surface area (Å²) in [6.07, 6.45) is 5.73. The van der Waals surface area contributed by atoms with Gasteiger partial charge in [-0.05, 0) is 48.3 Å². The Kier molecular flexibility index (Phi) is 4.15. The number of Topliss-reactive ketones (excluding diaryl/α,β-unsaturated/α-hetero) is 1. The highest BCUT2D eigenvalue weighted by molar-refractivity contribution is 6.13. The van der Waals surface area contributed by atoms with Crippen LogP contribution in [-0.2, 0) is 9.59 Å². The molecular formula is C21H22O4. The summed E-state index contributed by atoms with van der Waals surface area (Å²) in [6.45, 7) is 7.46. The van der Waals surface area contributed by atoms with Crippen molar-refractivity contribution in [2.24, 2.45) is 11.3 Å². The van der Waals surface area contributed by atoms with E-state index < -0.39 is 11.3 Å². The van der Waals surface area contributed by atoms with E-state index in [0.29, 0.717) is 17.7 Å². The monoisotopic (exact) mass is 338 g/mol. The molecule has 3 unspecified atom stereocenters. The normalized spacial score (nSPS) is 28.8. The number of ether oxygens (including phenoxy) is 1. The van der Waals surface area contributed by atoms with Gasteiger partial charge in [0, 0.05) is 11.8 Å². The van der Waals surface area contributed by atoms with E-state index >= 15 is 0 Å². The quantitative estimate of drug-likeness (QED) is 0.912. The molecule has 0 aliphatic heterocycles. The Balaban J connectivity index is 2.24. The van der Waals surface area contributed by atoms with E-state index in [2.05, 4.69) is 6.58 Å². The maximum Gasteiger partial charge on any atom is 0.166 e. The molecule has 1 aromatic carbocycles. The molecule has 0 aromatic heterocycles. The summed E-state index contributed by atoms with van der Waals surface area (Å²) in [6, 6.07) is 5.06. The van der Waals surface area contributed by atoms with Crippen LogP contribution in [0.5, 0.6) is 11.5 Å². The molecule has 0 bridgehead atoms. The number of rotatable bonds is 3. The van der Waals surface area contributed by atoms with Gasteiger partial charge in [-0.15, -0.1) is 0 Å². The van der Waals surface area contributed by atoms with E-state index in [0.717, 1.165) is 11.1 Å². The number of allylic oxidation sites excluding steroid dienone is 5. The molecule has 0 fully saturated rings. The molecule has 0 spiro atoms. The van der Waals surface area contributed by atoms with Gasteiger partial charge in [-0.2, -0.15) is 0 Å². The highest BCUT2D eigenvalue weighted by Crippen LogP contribution is 2.55. The molecule has 2 aliphatic carbocycles. The lowest BCUT2D eigenvalue weighted by Crippen LogP contribution is -2.49. The SMILES string of the molecule is C=CC1=CCC2C(=O)C=C(C)C(=O)C2(C)C1c1ccc(O)c(OC)c1. The predicted molar refractivity (Wildman–Crippen MR) is 95.7 cm³/mol. The second kappa shape index (κ2) is 6.03. The van der Waals surface area contributed by atoms with Crippen LogP contribution in [0, 0.1) is 11.3 Å². The van der Waals surface area contributed by atoms with Crippen molar-refractivity contribution in [2.45, 2.75) is 26.2 Å². The lowest BCUT2D eigenvalue weighted by molar-refractivity contribution is -0.137. The van der Waals surface area contributed by atoms with E-state index in [4.69, 9.17) is 4.74 Å². The lowest BCUT2D eigenvalue weighted by atomic mass is 9.53. The Morgan fingerprint density at radius 2 is 2.08 bits per heavy atom. The Morgan fingerprint density at radius 3 is 2.72 bits per heavy atom. The number of ketones is 2. The van der Waals surface area contributed by atoms with Gasteiger partial charge in [0.25, 0.3) is 0 Å². The molecule has 2 aliphatic rings. The van der Waals surface area contributed by atoms with Gasteiger partial charge >= 0.3 is 0 Å². The van der Waals surface area contributed by atoms with Crippen LogP contribution in [0.25, 0.3) is 0 Å². The first-order chi connectivity index (χ1) is 11.8. The van der Waals surface area contributed by atoms with Crippen LogP contribution in [0.1, 0.15) is 31.7 Å². The molecular weight excluding hydrogens is 316 g/mol. The summed E-state index contributed by atoms with van der Waals surface area (Å²) in [5, 5.41) is 9.90. The highest BCUT2D eigenvalue weighted by atomic mass is 16.5. The predicted octanol–water partition coefficient (Wildman–Crippen LogP) is 3.72. The zero-order valence-corrected chi connectivity index (χ0v) is 14.7. The first kappa shape index (κ1) is 17.2. The van der Waals surface area contributed by atoms with Crippen molar-refractivity contribution < 1.29 is 19.4 Å². The fourth-order valence-electron chi connectivity index (χ4n) is 4.28. The van der Waals surface area contributed by atoms with Crippen LogP contribution in [0.2, 0.25) is 0 Å². The van der Waals surface area contributed by atoms with Crippen LogP contribution in [0.3, 0.4) is 0 Å². The largest absolute Gasteiger partial charge is 0.504 e. The third-order valence-corrected chi connectivity index (χ3v) is 5.57. The summed E-state index contributed by atoms with van der Waals surface area (Å²) >= 11 is 0. The Bertz CT molecular complexity index is 830. The van der Waals surface area contributed by atoms with E-state index in [1.165, 1.54) is 13.2 Å². The maximum absolute atomic E-state index is 13.1. The van der Waals surface area contributed by atoms with E-state index in [1.54, 1.807) is 31.2 Å². The minimum Gasteiger partial charge on any atom is -0.504 e. The summed E-state index contributed by atoms with van der Waals surface area (Å²) in [5.41, 5.74) is 1.35. The number of phenols is 1. The van der Waals surface area contributed by atoms with Gasteiger partial charge in [-0.3, -0.25) is 9.59 Å². The summed E-state index contributed by atoms with van der Waals surface area (Å²) in [7, 11) is 1.48. The van der Waals surface area contributed by atoms with Gasteiger partial charge in [0.2, 0.25) is 0 Å². The number of carbonyl (C=O) groups is 2. The van der Waals surface area contributed by atoms with E-state index in [9.17, 15) is 14.7 Å². The highest BCUT2D eigenvalue weighted by Gasteiger charge is 2.54. The van der Waals surface area contributed by atoms with Gasteiger partial charge in [-0.25, -0.2) is 0 Å². The smallest absolute Gasteiger partial charge is 0.166 e. The fraction of sp³-hybridized carbons (Fsp3) is 0.333. The molecule has 0 radical (unpaired) electrons. The van der Waals surface area contributed by atoms with Crippen LogP contribution < -0.4 is 4.74 Å². The second-order valence-electron chi connectivity index (χ2n) is 6.90. The third kappa shape index (κ3) is 2.44. The number of hydrogen-bond acceptors (Lipinski definition) is 4. The molecule has 4 nitrogen and oxygen atoms in total. The molecule has 0 saturated carbocycles. The van der Waals surface area contributed by atoms with Crippen molar-refractivity contribution in [1.29, 1.82) is 0 Å². The summed E-state index contributed by atoms with van der Waals surface area (Å²) in [4.78, 5) is 25.7. The molecule has 0 amide bonds. The first-order valence-corrected chi connectivity index (χ1v) is 8.31. The minimum atomic E-state index is -0.879. The van der Waals surface area contributed by atoms with Crippen LogP contribution in [0.15, 0.2) is 54.2 Å². The van der Waals surface area contributed by atoms with Gasteiger partial charge < -0.3 is 9.84 Å². The molecule has 4 heteroatoms. The zero-order valence-electron chi connectivity index (χ0n) is 14.7. The topological polar surface area (TPSA) is 63.6 Å². The number of methoxy groups -OCH3 is 1. The van der Waals surface area contributed by atoms with Crippen LogP contribution in [-0.4, -0.2) is 23.8 Å². The summed E-state index contributed by atoms with van der Waals surface area (Å²) < 4.78 is 5.22. The maximum atomic E-state index is 13.1. The van der Waals surface area contributed by atoms with Crippen LogP contribution >= 0.6 is 0 Å². The molecule has 3 rings (SSSR count). The van der Waals surface area contributed by atoms with Crippen molar-refractivity contribution in [3.8, 4) is 11.5 Å². The Hall–Kier alpha value is -2.62. The molecule has 0 heterocycles. The standard InChI is InChI=1S/C21H22O4/c1-5-13-6-8-15-17(23)10-12(2)20(24)21(15,3)19(13)14-7-9-16(22)18(11-14)25-4/h5-7,9-11,15,19,22H,1,8H2,2-4H3. The van der Waals surface area contributed by atoms with Crippen LogP contribution in [0.4, 0.5) is 0 Å². The van der Waals surface area contributed by atoms with E-state index in [-0.39, 0.29) is 23.2 Å². The van der Waals surface area contributed by atoms with Crippen molar-refractivity contribution in [2.75, 3.05) is 7.11 Å². The number of fused-ring (bicyclic) bond motifs is 1. The number of aromatic hydroxyl groups is 1. The second-order valence-corrected chi connectivity index (χ2v) is 6.90. The molecule has 130 valence electrons. The van der Waals surface area contributed by atoms with Crippen molar-refractivity contribution in [1.82, 2.24) is 0 Å². The molecule has 0 saturated heterocycles. The minimum absolute atomic E-state index is 0.00490. The third-order valence-electron chi connectivity index (χ3n) is 5.57. The van der Waals surface area contributed by atoms with Crippen molar-refractivity contribution in [3.05, 3.63) is 59.7 Å². The molecule has 3 atom stereocenters. The molecule has 25 heavy (non-hydrogen) atoms. The van der Waals surface area contributed by atoms with Gasteiger partial charge in [0.1, 0.15) is 0 Å².